The average Bonchev–Trinajstić information content (AvgIpc) is 3.36. The van der Waals surface area contributed by atoms with Crippen molar-refractivity contribution >= 4 is 53.7 Å². The smallest absolute Gasteiger partial charge is 0.125 e. The van der Waals surface area contributed by atoms with Crippen LogP contribution in [0.4, 0.5) is 0 Å². The predicted octanol–water partition coefficient (Wildman–Crippen LogP) is 11.4. The largest absolute Gasteiger partial charge is 0.237 e. The van der Waals surface area contributed by atoms with Crippen LogP contribution in [0.15, 0.2) is 60.7 Å². The molecule has 1 nitrogen and oxygen atoms in total. The van der Waals surface area contributed by atoms with Crippen molar-refractivity contribution < 1.29 is 0 Å². The van der Waals surface area contributed by atoms with E-state index in [1.54, 1.807) is 0 Å². The molecule has 0 aliphatic rings. The van der Waals surface area contributed by atoms with Crippen molar-refractivity contribution in [1.29, 1.82) is 0 Å². The number of hydrogen-bond acceptors (Lipinski definition) is 3. The molecule has 3 aromatic heterocycles. The first kappa shape index (κ1) is 26.2. The van der Waals surface area contributed by atoms with Gasteiger partial charge in [0.05, 0.1) is 5.69 Å². The maximum absolute atomic E-state index is 5.28. The summed E-state index contributed by atoms with van der Waals surface area (Å²) >= 11 is 3.78. The summed E-state index contributed by atoms with van der Waals surface area (Å²) in [7, 11) is 0. The zero-order valence-electron chi connectivity index (χ0n) is 24.3. The van der Waals surface area contributed by atoms with Gasteiger partial charge in [-0.1, -0.05) is 65.0 Å². The van der Waals surface area contributed by atoms with Crippen LogP contribution in [0.2, 0.25) is 0 Å². The highest BCUT2D eigenvalue weighted by molar-refractivity contribution is 7.19. The normalized spacial score (nSPS) is 12.4. The van der Waals surface area contributed by atoms with Gasteiger partial charge >= 0.3 is 0 Å². The van der Waals surface area contributed by atoms with E-state index in [1.807, 2.05) is 22.7 Å². The summed E-state index contributed by atoms with van der Waals surface area (Å²) in [6.45, 7) is 18.3. The van der Waals surface area contributed by atoms with E-state index in [9.17, 15) is 0 Å². The Bertz CT molecular complexity index is 1870. The lowest BCUT2D eigenvalue weighted by atomic mass is 9.82. The third-order valence-corrected chi connectivity index (χ3v) is 10.4. The molecule has 0 amide bonds. The SMILES string of the molecule is Cc1sc2nc(-c3cc(C(C)(C)C)c4ccccc4c3)cc(-c3ccc4sc(CC(C)C)c(C)c4c3)c2c1C. The molecule has 0 radical (unpaired) electrons. The topological polar surface area (TPSA) is 12.9 Å². The summed E-state index contributed by atoms with van der Waals surface area (Å²) in [5.74, 6) is 0.662. The van der Waals surface area contributed by atoms with Gasteiger partial charge in [0.1, 0.15) is 4.83 Å². The van der Waals surface area contributed by atoms with Gasteiger partial charge in [0, 0.05) is 25.4 Å². The quantitative estimate of drug-likeness (QED) is 0.214. The molecule has 39 heavy (non-hydrogen) atoms. The standard InChI is InChI=1S/C36H37NS2/c1-20(2)15-33-22(4)28-17-25(13-14-32(28)39-33)29-19-31(37-35-34(29)21(3)23(5)38-35)26-16-24-11-9-10-12-27(24)30(18-26)36(6,7)8/h9-14,16-20H,15H2,1-8H3. The molecular weight excluding hydrogens is 511 g/mol. The van der Waals surface area contributed by atoms with Crippen LogP contribution in [0.5, 0.6) is 0 Å². The highest BCUT2D eigenvalue weighted by Gasteiger charge is 2.21. The number of thiophene rings is 2. The second-order valence-corrected chi connectivity index (χ2v) is 14.8. The van der Waals surface area contributed by atoms with Crippen LogP contribution in [0.1, 0.15) is 61.1 Å². The molecule has 6 aromatic rings. The highest BCUT2D eigenvalue weighted by Crippen LogP contribution is 2.42. The summed E-state index contributed by atoms with van der Waals surface area (Å²) in [4.78, 5) is 9.27. The van der Waals surface area contributed by atoms with Crippen LogP contribution in [-0.4, -0.2) is 4.98 Å². The highest BCUT2D eigenvalue weighted by atomic mass is 32.1. The Labute approximate surface area is 240 Å². The van der Waals surface area contributed by atoms with Gasteiger partial charge in [-0.25, -0.2) is 4.98 Å². The van der Waals surface area contributed by atoms with Crippen LogP contribution >= 0.6 is 22.7 Å². The Morgan fingerprint density at radius 2 is 1.56 bits per heavy atom. The molecule has 198 valence electrons. The van der Waals surface area contributed by atoms with Crippen LogP contribution in [0.3, 0.4) is 0 Å². The van der Waals surface area contributed by atoms with Gasteiger partial charge < -0.3 is 0 Å². The number of aryl methyl sites for hydroxylation is 3. The third-order valence-electron chi connectivity index (χ3n) is 8.04. The van der Waals surface area contributed by atoms with E-state index in [2.05, 4.69) is 116 Å². The molecule has 3 heterocycles. The van der Waals surface area contributed by atoms with Gasteiger partial charge in [-0.05, 0) is 113 Å². The molecule has 0 atom stereocenters. The zero-order valence-corrected chi connectivity index (χ0v) is 26.0. The Balaban J connectivity index is 1.60. The lowest BCUT2D eigenvalue weighted by molar-refractivity contribution is 0.596. The number of rotatable bonds is 4. The molecular formula is C36H37NS2. The Morgan fingerprint density at radius 1 is 0.795 bits per heavy atom. The number of hydrogen-bond donors (Lipinski definition) is 0. The number of pyridine rings is 1. The van der Waals surface area contributed by atoms with Gasteiger partial charge in [-0.3, -0.25) is 0 Å². The van der Waals surface area contributed by atoms with Crippen molar-refractivity contribution in [2.75, 3.05) is 0 Å². The van der Waals surface area contributed by atoms with Gasteiger partial charge in [-0.2, -0.15) is 0 Å². The first-order chi connectivity index (χ1) is 18.5. The molecule has 0 N–H and O–H groups in total. The lowest BCUT2D eigenvalue weighted by Crippen LogP contribution is -2.12. The Kier molecular flexibility index (Phi) is 6.44. The molecule has 0 spiro atoms. The maximum Gasteiger partial charge on any atom is 0.125 e. The van der Waals surface area contributed by atoms with Gasteiger partial charge in [0.25, 0.3) is 0 Å². The van der Waals surface area contributed by atoms with Crippen molar-refractivity contribution in [2.24, 2.45) is 5.92 Å². The van der Waals surface area contributed by atoms with E-state index in [4.69, 9.17) is 4.98 Å². The van der Waals surface area contributed by atoms with Crippen molar-refractivity contribution in [3.8, 4) is 22.4 Å². The molecule has 3 aromatic carbocycles. The van der Waals surface area contributed by atoms with Crippen LogP contribution in [0.25, 0.3) is 53.5 Å². The van der Waals surface area contributed by atoms with Gasteiger partial charge in [0.15, 0.2) is 0 Å². The van der Waals surface area contributed by atoms with Crippen LogP contribution in [0, 0.1) is 26.7 Å². The van der Waals surface area contributed by atoms with Crippen LogP contribution in [-0.2, 0) is 11.8 Å². The Hall–Kier alpha value is -3.01. The van der Waals surface area contributed by atoms with Crippen LogP contribution < -0.4 is 0 Å². The molecule has 0 bridgehead atoms. The monoisotopic (exact) mass is 547 g/mol. The maximum atomic E-state index is 5.28. The number of nitrogens with zero attached hydrogens (tertiary/aromatic N) is 1. The summed E-state index contributed by atoms with van der Waals surface area (Å²) < 4.78 is 1.39. The first-order valence-electron chi connectivity index (χ1n) is 14.0. The minimum absolute atomic E-state index is 0.0356. The van der Waals surface area contributed by atoms with Gasteiger partial charge in [-0.15, -0.1) is 22.7 Å². The summed E-state index contributed by atoms with van der Waals surface area (Å²) in [6, 6.07) is 22.9. The van der Waals surface area contributed by atoms with Crippen molar-refractivity contribution in [2.45, 2.75) is 67.2 Å². The summed E-state index contributed by atoms with van der Waals surface area (Å²) in [5.41, 5.74) is 9.01. The Morgan fingerprint density at radius 3 is 2.31 bits per heavy atom. The number of benzene rings is 3. The van der Waals surface area contributed by atoms with E-state index in [-0.39, 0.29) is 5.41 Å². The van der Waals surface area contributed by atoms with E-state index in [0.29, 0.717) is 5.92 Å². The van der Waals surface area contributed by atoms with E-state index in [1.165, 1.54) is 69.4 Å². The fourth-order valence-corrected chi connectivity index (χ4v) is 8.27. The summed E-state index contributed by atoms with van der Waals surface area (Å²) in [5, 5.41) is 5.29. The molecule has 6 rings (SSSR count). The minimum atomic E-state index is 0.0356. The zero-order chi connectivity index (χ0) is 27.6. The molecule has 0 aliphatic carbocycles. The molecule has 0 saturated carbocycles. The fraction of sp³-hybridized carbons (Fsp3) is 0.306. The molecule has 0 aliphatic heterocycles. The molecule has 0 saturated heterocycles. The summed E-state index contributed by atoms with van der Waals surface area (Å²) in [6.07, 6.45) is 1.14. The number of fused-ring (bicyclic) bond motifs is 3. The third kappa shape index (κ3) is 4.60. The fourth-order valence-electron chi connectivity index (χ4n) is 5.81. The van der Waals surface area contributed by atoms with Crippen molar-refractivity contribution in [3.63, 3.8) is 0 Å². The second-order valence-electron chi connectivity index (χ2n) is 12.5. The van der Waals surface area contributed by atoms with E-state index in [0.717, 1.165) is 16.9 Å². The van der Waals surface area contributed by atoms with Gasteiger partial charge in [0.2, 0.25) is 0 Å². The predicted molar refractivity (Wildman–Crippen MR) is 175 cm³/mol. The lowest BCUT2D eigenvalue weighted by Gasteiger charge is -2.23. The molecule has 0 fully saturated rings. The first-order valence-corrected chi connectivity index (χ1v) is 15.6. The number of aromatic nitrogens is 1. The average molecular weight is 548 g/mol. The molecule has 3 heteroatoms. The van der Waals surface area contributed by atoms with E-state index >= 15 is 0 Å². The van der Waals surface area contributed by atoms with Crippen molar-refractivity contribution in [3.05, 3.63) is 87.1 Å². The molecule has 0 unspecified atom stereocenters. The van der Waals surface area contributed by atoms with E-state index < -0.39 is 0 Å². The second kappa shape index (κ2) is 9.57. The van der Waals surface area contributed by atoms with Crippen molar-refractivity contribution in [1.82, 2.24) is 4.98 Å². The minimum Gasteiger partial charge on any atom is -0.237 e.